The van der Waals surface area contributed by atoms with Crippen molar-refractivity contribution in [2.45, 2.75) is 32.9 Å². The van der Waals surface area contributed by atoms with E-state index in [1.807, 2.05) is 0 Å². The van der Waals surface area contributed by atoms with Crippen LogP contribution in [0.3, 0.4) is 0 Å². The molecule has 3 rings (SSSR count). The number of aromatic nitrogens is 1. The zero-order valence-electron chi connectivity index (χ0n) is 14.4. The van der Waals surface area contributed by atoms with Gasteiger partial charge < -0.3 is 4.90 Å². The summed E-state index contributed by atoms with van der Waals surface area (Å²) in [6, 6.07) is 2.51. The van der Waals surface area contributed by atoms with Crippen molar-refractivity contribution in [1.82, 2.24) is 9.88 Å². The summed E-state index contributed by atoms with van der Waals surface area (Å²) < 4.78 is 60.7. The number of hydrogen-bond donors (Lipinski definition) is 0. The molecule has 4 nitrogen and oxygen atoms in total. The van der Waals surface area contributed by atoms with Gasteiger partial charge in [-0.05, 0) is 36.4 Å². The Bertz CT molecular complexity index is 730. The topological polar surface area (TPSA) is 50.3 Å². The highest BCUT2D eigenvalue weighted by molar-refractivity contribution is 7.92. The van der Waals surface area contributed by atoms with Gasteiger partial charge in [-0.25, -0.2) is 8.42 Å². The average Bonchev–Trinajstić information content (AvgIpc) is 2.78. The van der Waals surface area contributed by atoms with Gasteiger partial charge in [0.2, 0.25) is 0 Å². The van der Waals surface area contributed by atoms with Crippen molar-refractivity contribution in [1.29, 1.82) is 0 Å². The molecule has 0 atom stereocenters. The maximum Gasteiger partial charge on any atom is 0.433 e. The van der Waals surface area contributed by atoms with Crippen LogP contribution in [0, 0.1) is 10.8 Å². The fourth-order valence-electron chi connectivity index (χ4n) is 4.20. The van der Waals surface area contributed by atoms with E-state index in [1.165, 1.54) is 12.3 Å². The molecule has 0 radical (unpaired) electrons. The summed E-state index contributed by atoms with van der Waals surface area (Å²) in [6.45, 7) is 6.61. The summed E-state index contributed by atoms with van der Waals surface area (Å²) in [7, 11) is -2.83. The lowest BCUT2D eigenvalue weighted by Gasteiger charge is -2.38. The third kappa shape index (κ3) is 4.34. The van der Waals surface area contributed by atoms with E-state index in [0.717, 1.165) is 37.7 Å². The van der Waals surface area contributed by atoms with Gasteiger partial charge in [0.05, 0.1) is 11.5 Å². The number of pyridine rings is 1. The molecule has 0 aromatic carbocycles. The lowest BCUT2D eigenvalue weighted by atomic mass is 9.85. The van der Waals surface area contributed by atoms with Crippen molar-refractivity contribution in [3.63, 3.8) is 0 Å². The Morgan fingerprint density at radius 2 is 1.92 bits per heavy atom. The van der Waals surface area contributed by atoms with Gasteiger partial charge in [0.15, 0.2) is 9.84 Å². The van der Waals surface area contributed by atoms with Crippen LogP contribution < -0.4 is 0 Å². The number of likely N-dealkylation sites (tertiary alicyclic amines) is 1. The largest absolute Gasteiger partial charge is 0.433 e. The van der Waals surface area contributed by atoms with Crippen LogP contribution in [-0.2, 0) is 22.4 Å². The molecule has 8 heteroatoms. The van der Waals surface area contributed by atoms with Crippen molar-refractivity contribution < 1.29 is 21.6 Å². The molecular formula is C17H23F3N2O2S. The van der Waals surface area contributed by atoms with Crippen LogP contribution in [0.2, 0.25) is 0 Å². The smallest absolute Gasteiger partial charge is 0.302 e. The molecule has 2 aliphatic rings. The normalized spacial score (nSPS) is 22.9. The number of nitrogens with zero attached hydrogens (tertiary/aromatic N) is 2. The van der Waals surface area contributed by atoms with Crippen molar-refractivity contribution in [3.8, 4) is 0 Å². The molecule has 2 fully saturated rings. The molecule has 2 aliphatic heterocycles. The highest BCUT2D eigenvalue weighted by atomic mass is 32.2. The minimum atomic E-state index is -4.42. The van der Waals surface area contributed by atoms with Crippen LogP contribution in [-0.4, -0.2) is 49.4 Å². The Balaban J connectivity index is 1.57. The van der Waals surface area contributed by atoms with E-state index in [-0.39, 0.29) is 10.8 Å². The second kappa shape index (κ2) is 5.94. The molecule has 2 saturated heterocycles. The molecule has 25 heavy (non-hydrogen) atoms. The summed E-state index contributed by atoms with van der Waals surface area (Å²) in [4.78, 5) is 5.81. The molecule has 0 unspecified atom stereocenters. The molecule has 1 spiro atoms. The zero-order valence-corrected chi connectivity index (χ0v) is 15.3. The van der Waals surface area contributed by atoms with Crippen LogP contribution in [0.5, 0.6) is 0 Å². The Labute approximate surface area is 146 Å². The highest BCUT2D eigenvalue weighted by Crippen LogP contribution is 2.42. The lowest BCUT2D eigenvalue weighted by Crippen LogP contribution is -2.50. The predicted molar refractivity (Wildman–Crippen MR) is 88.9 cm³/mol. The number of sulfone groups is 1. The van der Waals surface area contributed by atoms with Gasteiger partial charge in [0, 0.05) is 24.7 Å². The lowest BCUT2D eigenvalue weighted by molar-refractivity contribution is -0.141. The number of alkyl halides is 3. The van der Waals surface area contributed by atoms with Gasteiger partial charge in [-0.15, -0.1) is 0 Å². The van der Waals surface area contributed by atoms with Gasteiger partial charge in [0.1, 0.15) is 5.69 Å². The number of halogens is 3. The third-order valence-corrected chi connectivity index (χ3v) is 7.12. The molecule has 0 bridgehead atoms. The summed E-state index contributed by atoms with van der Waals surface area (Å²) in [5.41, 5.74) is -0.291. The van der Waals surface area contributed by atoms with Crippen LogP contribution in [0.15, 0.2) is 18.3 Å². The minimum absolute atomic E-state index is 0.0647. The quantitative estimate of drug-likeness (QED) is 0.811. The van der Waals surface area contributed by atoms with Crippen molar-refractivity contribution in [3.05, 3.63) is 29.6 Å². The van der Waals surface area contributed by atoms with E-state index in [1.54, 1.807) is 0 Å². The van der Waals surface area contributed by atoms with Gasteiger partial charge in [0.25, 0.3) is 0 Å². The SMILES string of the molecule is CC(C)(Cc1ccc(C(F)(F)F)nc1)CN1CCC2(C1)CS(=O)(=O)C2. The van der Waals surface area contributed by atoms with Crippen molar-refractivity contribution in [2.75, 3.05) is 31.1 Å². The van der Waals surface area contributed by atoms with E-state index in [4.69, 9.17) is 0 Å². The fourth-order valence-corrected chi connectivity index (χ4v) is 6.45. The number of hydrogen-bond acceptors (Lipinski definition) is 4. The van der Waals surface area contributed by atoms with E-state index < -0.39 is 21.7 Å². The van der Waals surface area contributed by atoms with Crippen LogP contribution in [0.25, 0.3) is 0 Å². The summed E-state index contributed by atoms with van der Waals surface area (Å²) >= 11 is 0. The molecular weight excluding hydrogens is 353 g/mol. The molecule has 0 aliphatic carbocycles. The third-order valence-electron chi connectivity index (χ3n) is 5.02. The molecule has 0 N–H and O–H groups in total. The Kier molecular flexibility index (Phi) is 4.43. The second-order valence-electron chi connectivity index (χ2n) is 8.38. The molecule has 0 amide bonds. The van der Waals surface area contributed by atoms with Crippen LogP contribution in [0.1, 0.15) is 31.5 Å². The van der Waals surface area contributed by atoms with Crippen LogP contribution in [0.4, 0.5) is 13.2 Å². The maximum absolute atomic E-state index is 12.6. The second-order valence-corrected chi connectivity index (χ2v) is 10.4. The summed E-state index contributed by atoms with van der Waals surface area (Å²) in [5.74, 6) is 0.583. The van der Waals surface area contributed by atoms with E-state index in [9.17, 15) is 21.6 Å². The average molecular weight is 376 g/mol. The monoisotopic (exact) mass is 376 g/mol. The Morgan fingerprint density at radius 3 is 2.44 bits per heavy atom. The minimum Gasteiger partial charge on any atom is -0.302 e. The van der Waals surface area contributed by atoms with Gasteiger partial charge >= 0.3 is 6.18 Å². The van der Waals surface area contributed by atoms with E-state index in [2.05, 4.69) is 23.7 Å². The van der Waals surface area contributed by atoms with Gasteiger partial charge in [-0.2, -0.15) is 13.2 Å². The van der Waals surface area contributed by atoms with Crippen molar-refractivity contribution in [2.24, 2.45) is 10.8 Å². The first-order valence-electron chi connectivity index (χ1n) is 8.33. The molecule has 1 aromatic heterocycles. The predicted octanol–water partition coefficient (Wildman–Crippen LogP) is 2.79. The highest BCUT2D eigenvalue weighted by Gasteiger charge is 2.52. The standard InChI is InChI=1S/C17H23F3N2O2S/c1-15(2,7-13-3-4-14(21-8-13)17(18,19)20)9-22-6-5-16(10-22)11-25(23,24)12-16/h3-4,8H,5-7,9-12H2,1-2H3. The Morgan fingerprint density at radius 1 is 1.24 bits per heavy atom. The first kappa shape index (κ1) is 18.6. The van der Waals surface area contributed by atoms with E-state index in [0.29, 0.717) is 17.9 Å². The first-order valence-corrected chi connectivity index (χ1v) is 10.2. The summed E-state index contributed by atoms with van der Waals surface area (Å²) in [6.07, 6.45) is -1.58. The van der Waals surface area contributed by atoms with Crippen molar-refractivity contribution >= 4 is 9.84 Å². The number of rotatable bonds is 4. The Hall–Kier alpha value is -1.15. The molecule has 1 aromatic rings. The van der Waals surface area contributed by atoms with E-state index >= 15 is 0 Å². The molecule has 0 saturated carbocycles. The molecule has 3 heterocycles. The fraction of sp³-hybridized carbons (Fsp3) is 0.706. The van der Waals surface area contributed by atoms with Crippen LogP contribution >= 0.6 is 0 Å². The molecule has 140 valence electrons. The zero-order chi connectivity index (χ0) is 18.5. The summed E-state index contributed by atoms with van der Waals surface area (Å²) in [5, 5.41) is 0. The van der Waals surface area contributed by atoms with Gasteiger partial charge in [-0.3, -0.25) is 4.98 Å². The van der Waals surface area contributed by atoms with Gasteiger partial charge in [-0.1, -0.05) is 19.9 Å². The first-order chi connectivity index (χ1) is 11.4. The maximum atomic E-state index is 12.6.